The first-order valence-electron chi connectivity index (χ1n) is 6.58. The Labute approximate surface area is 118 Å². The molecule has 0 bridgehead atoms. The van der Waals surface area contributed by atoms with Crippen LogP contribution < -0.4 is 5.73 Å². The van der Waals surface area contributed by atoms with Crippen molar-refractivity contribution in [2.75, 3.05) is 6.54 Å². The number of nitrogens with two attached hydrogens (primary N) is 1. The maximum Gasteiger partial charge on any atom is 0.306 e. The van der Waals surface area contributed by atoms with Gasteiger partial charge in [0.2, 0.25) is 0 Å². The first kappa shape index (κ1) is 14.2. The average Bonchev–Trinajstić information content (AvgIpc) is 2.74. The van der Waals surface area contributed by atoms with E-state index in [1.807, 2.05) is 25.1 Å². The molecule has 4 N–H and O–H groups in total. The van der Waals surface area contributed by atoms with E-state index in [9.17, 15) is 9.90 Å². The number of H-pyrrole nitrogens is 1. The van der Waals surface area contributed by atoms with Crippen molar-refractivity contribution in [3.05, 3.63) is 35.0 Å². The highest BCUT2D eigenvalue weighted by Gasteiger charge is 2.21. The molecule has 0 spiro atoms. The van der Waals surface area contributed by atoms with Gasteiger partial charge < -0.3 is 15.8 Å². The van der Waals surface area contributed by atoms with Gasteiger partial charge in [0.15, 0.2) is 0 Å². The minimum atomic E-state index is -0.817. The number of carboxylic acid groups (broad SMARTS) is 1. The second-order valence-corrected chi connectivity index (χ2v) is 4.92. The van der Waals surface area contributed by atoms with Crippen LogP contribution in [-0.2, 0) is 11.2 Å². The predicted octanol–water partition coefficient (Wildman–Crippen LogP) is 2.05. The fourth-order valence-electron chi connectivity index (χ4n) is 2.58. The van der Waals surface area contributed by atoms with Crippen LogP contribution in [0.1, 0.15) is 23.2 Å². The Morgan fingerprint density at radius 2 is 2.30 bits per heavy atom. The van der Waals surface area contributed by atoms with Gasteiger partial charge in [-0.05, 0) is 44.0 Å². The Morgan fingerprint density at radius 1 is 1.55 bits per heavy atom. The van der Waals surface area contributed by atoms with Crippen molar-refractivity contribution < 1.29 is 9.90 Å². The molecule has 2 aromatic rings. The van der Waals surface area contributed by atoms with Gasteiger partial charge in [-0.2, -0.15) is 0 Å². The van der Waals surface area contributed by atoms with Crippen molar-refractivity contribution in [1.82, 2.24) is 4.98 Å². The third-order valence-corrected chi connectivity index (χ3v) is 3.61. The third kappa shape index (κ3) is 2.54. The average molecular weight is 270 g/mol. The Hall–Kier alpha value is -2.25. The normalized spacial score (nSPS) is 12.2. The van der Waals surface area contributed by atoms with Crippen molar-refractivity contribution in [3.63, 3.8) is 0 Å². The summed E-state index contributed by atoms with van der Waals surface area (Å²) in [6.45, 7) is 2.30. The van der Waals surface area contributed by atoms with Gasteiger partial charge in [-0.15, -0.1) is 6.42 Å². The van der Waals surface area contributed by atoms with Gasteiger partial charge in [-0.3, -0.25) is 4.79 Å². The molecule has 104 valence electrons. The molecular formula is C16H18N2O2. The van der Waals surface area contributed by atoms with E-state index in [1.165, 1.54) is 0 Å². The smallest absolute Gasteiger partial charge is 0.306 e. The quantitative estimate of drug-likeness (QED) is 0.727. The lowest BCUT2D eigenvalue weighted by molar-refractivity contribution is -0.141. The number of rotatable bonds is 5. The number of hydrogen-bond donors (Lipinski definition) is 3. The molecule has 0 aliphatic carbocycles. The lowest BCUT2D eigenvalue weighted by atomic mass is 9.93. The van der Waals surface area contributed by atoms with Crippen molar-refractivity contribution in [3.8, 4) is 12.3 Å². The van der Waals surface area contributed by atoms with E-state index >= 15 is 0 Å². The second kappa shape index (κ2) is 5.81. The van der Waals surface area contributed by atoms with E-state index in [2.05, 4.69) is 10.9 Å². The number of aromatic amines is 1. The minimum absolute atomic E-state index is 0.361. The number of aryl methyl sites for hydroxylation is 1. The number of nitrogens with one attached hydrogen (secondary N) is 1. The van der Waals surface area contributed by atoms with Crippen LogP contribution in [0.15, 0.2) is 18.2 Å². The highest BCUT2D eigenvalue weighted by atomic mass is 16.4. The van der Waals surface area contributed by atoms with Gasteiger partial charge in [0, 0.05) is 22.2 Å². The molecule has 1 aromatic carbocycles. The van der Waals surface area contributed by atoms with Crippen LogP contribution in [0.4, 0.5) is 0 Å². The van der Waals surface area contributed by atoms with Crippen LogP contribution in [0, 0.1) is 25.2 Å². The zero-order chi connectivity index (χ0) is 14.7. The summed E-state index contributed by atoms with van der Waals surface area (Å²) in [5.41, 5.74) is 9.18. The number of aliphatic carboxylic acids is 1. The van der Waals surface area contributed by atoms with E-state index in [0.29, 0.717) is 19.4 Å². The summed E-state index contributed by atoms with van der Waals surface area (Å²) in [7, 11) is 0. The predicted molar refractivity (Wildman–Crippen MR) is 79.5 cm³/mol. The summed E-state index contributed by atoms with van der Waals surface area (Å²) in [5, 5.41) is 10.2. The van der Waals surface area contributed by atoms with E-state index in [1.54, 1.807) is 0 Å². The van der Waals surface area contributed by atoms with Gasteiger partial charge in [-0.25, -0.2) is 0 Å². The molecule has 2 rings (SSSR count). The molecule has 0 saturated carbocycles. The lowest BCUT2D eigenvalue weighted by Crippen LogP contribution is -2.20. The van der Waals surface area contributed by atoms with Crippen LogP contribution in [0.3, 0.4) is 0 Å². The summed E-state index contributed by atoms with van der Waals surface area (Å²) < 4.78 is 0. The van der Waals surface area contributed by atoms with E-state index < -0.39 is 11.9 Å². The minimum Gasteiger partial charge on any atom is -0.481 e. The van der Waals surface area contributed by atoms with Crippen molar-refractivity contribution in [2.45, 2.75) is 19.8 Å². The molecule has 0 aliphatic rings. The Bertz CT molecular complexity index is 680. The summed E-state index contributed by atoms with van der Waals surface area (Å²) in [6.07, 6.45) is 6.44. The number of carboxylic acids is 1. The number of terminal acetylenes is 1. The molecule has 4 nitrogen and oxygen atoms in total. The molecule has 1 aromatic heterocycles. The Balaban J connectivity index is 2.51. The van der Waals surface area contributed by atoms with Crippen LogP contribution in [0.25, 0.3) is 10.9 Å². The monoisotopic (exact) mass is 270 g/mol. The Kier molecular flexibility index (Phi) is 4.11. The molecule has 0 aliphatic heterocycles. The fourth-order valence-corrected chi connectivity index (χ4v) is 2.58. The van der Waals surface area contributed by atoms with Crippen LogP contribution >= 0.6 is 0 Å². The summed E-state index contributed by atoms with van der Waals surface area (Å²) >= 11 is 0. The molecule has 0 radical (unpaired) electrons. The fraction of sp³-hybridized carbons (Fsp3) is 0.312. The largest absolute Gasteiger partial charge is 0.481 e. The summed E-state index contributed by atoms with van der Waals surface area (Å²) in [5.74, 6) is 1.37. The second-order valence-electron chi connectivity index (χ2n) is 4.92. The van der Waals surface area contributed by atoms with E-state index in [0.717, 1.165) is 27.7 Å². The zero-order valence-electron chi connectivity index (χ0n) is 11.4. The van der Waals surface area contributed by atoms with Crippen molar-refractivity contribution in [2.24, 2.45) is 11.7 Å². The maximum absolute atomic E-state index is 11.3. The number of carbonyl (C=O) groups is 1. The molecule has 4 heteroatoms. The molecule has 1 atom stereocenters. The summed E-state index contributed by atoms with van der Waals surface area (Å²) in [4.78, 5) is 14.6. The number of hydrogen-bond acceptors (Lipinski definition) is 2. The lowest BCUT2D eigenvalue weighted by Gasteiger charge is -2.11. The number of benzene rings is 1. The maximum atomic E-state index is 11.3. The highest BCUT2D eigenvalue weighted by Crippen LogP contribution is 2.28. The molecule has 20 heavy (non-hydrogen) atoms. The molecular weight excluding hydrogens is 252 g/mol. The molecule has 0 saturated heterocycles. The molecule has 1 heterocycles. The van der Waals surface area contributed by atoms with Crippen molar-refractivity contribution >= 4 is 16.9 Å². The van der Waals surface area contributed by atoms with Gasteiger partial charge >= 0.3 is 5.97 Å². The molecule has 0 amide bonds. The number of aromatic nitrogens is 1. The van der Waals surface area contributed by atoms with Crippen LogP contribution in [0.5, 0.6) is 0 Å². The van der Waals surface area contributed by atoms with Crippen molar-refractivity contribution in [1.29, 1.82) is 0 Å². The number of fused-ring (bicyclic) bond motifs is 1. The van der Waals surface area contributed by atoms with Gasteiger partial charge in [0.1, 0.15) is 0 Å². The first-order chi connectivity index (χ1) is 9.58. The zero-order valence-corrected chi connectivity index (χ0v) is 11.4. The summed E-state index contributed by atoms with van der Waals surface area (Å²) in [6, 6.07) is 5.72. The van der Waals surface area contributed by atoms with Crippen LogP contribution in [0.2, 0.25) is 0 Å². The van der Waals surface area contributed by atoms with E-state index in [-0.39, 0.29) is 0 Å². The SMILES string of the molecule is C#Cc1cccc2[nH]c(C)c(CC(CCN)C(=O)O)c12. The molecule has 0 fully saturated rings. The standard InChI is InChI=1S/C16H18N2O2/c1-3-11-5-4-6-14-15(11)13(10(2)18-14)9-12(7-8-17)16(19)20/h1,4-6,12,18H,7-9,17H2,2H3,(H,19,20). The first-order valence-corrected chi connectivity index (χ1v) is 6.58. The van der Waals surface area contributed by atoms with E-state index in [4.69, 9.17) is 12.2 Å². The highest BCUT2D eigenvalue weighted by molar-refractivity contribution is 5.90. The Morgan fingerprint density at radius 3 is 2.90 bits per heavy atom. The topological polar surface area (TPSA) is 79.1 Å². The molecule has 1 unspecified atom stereocenters. The van der Waals surface area contributed by atoms with Gasteiger partial charge in [-0.1, -0.05) is 12.0 Å². The van der Waals surface area contributed by atoms with Crippen LogP contribution in [-0.4, -0.2) is 22.6 Å². The van der Waals surface area contributed by atoms with Gasteiger partial charge in [0.25, 0.3) is 0 Å². The van der Waals surface area contributed by atoms with Gasteiger partial charge in [0.05, 0.1) is 5.92 Å². The third-order valence-electron chi connectivity index (χ3n) is 3.61.